The Bertz CT molecular complexity index is 1020. The summed E-state index contributed by atoms with van der Waals surface area (Å²) in [5.41, 5.74) is 5.37. The van der Waals surface area contributed by atoms with Crippen molar-refractivity contribution in [2.45, 2.75) is 238 Å². The second kappa shape index (κ2) is 43.5. The molecular formula is C47H90NO9P. The number of nitrogens with two attached hydrogens (primary N) is 1. The highest BCUT2D eigenvalue weighted by Crippen LogP contribution is 2.43. The molecule has 0 radical (unpaired) electrons. The minimum Gasteiger partial charge on any atom is -0.480 e. The lowest BCUT2D eigenvalue weighted by Crippen LogP contribution is -2.34. The van der Waals surface area contributed by atoms with Crippen LogP contribution in [0.2, 0.25) is 0 Å². The Morgan fingerprint density at radius 3 is 1.41 bits per heavy atom. The second-order valence-electron chi connectivity index (χ2n) is 16.2. The fraction of sp³-hybridized carbons (Fsp3) is 0.872. The molecule has 58 heavy (non-hydrogen) atoms. The molecule has 0 aliphatic heterocycles. The molecule has 0 aliphatic rings. The summed E-state index contributed by atoms with van der Waals surface area (Å²) in [4.78, 5) is 33.6. The summed E-state index contributed by atoms with van der Waals surface area (Å²) in [5.74, 6) is -1.78. The van der Waals surface area contributed by atoms with Crippen LogP contribution in [0, 0.1) is 0 Å². The van der Waals surface area contributed by atoms with Gasteiger partial charge in [-0.1, -0.05) is 199 Å². The van der Waals surface area contributed by atoms with Crippen molar-refractivity contribution in [3.05, 3.63) is 24.3 Å². The highest BCUT2D eigenvalue weighted by molar-refractivity contribution is 7.47. The Morgan fingerprint density at radius 1 is 0.552 bits per heavy atom. The van der Waals surface area contributed by atoms with E-state index in [2.05, 4.69) is 38.2 Å². The van der Waals surface area contributed by atoms with Gasteiger partial charge in [0, 0.05) is 13.0 Å². The predicted octanol–water partition coefficient (Wildman–Crippen LogP) is 13.5. The average Bonchev–Trinajstić information content (AvgIpc) is 3.20. The van der Waals surface area contributed by atoms with Crippen LogP contribution in [0.3, 0.4) is 0 Å². The molecule has 3 atom stereocenters. The Labute approximate surface area is 355 Å². The van der Waals surface area contributed by atoms with E-state index in [0.717, 1.165) is 51.4 Å². The molecule has 0 rings (SSSR count). The van der Waals surface area contributed by atoms with Gasteiger partial charge in [-0.2, -0.15) is 0 Å². The number of rotatable bonds is 46. The van der Waals surface area contributed by atoms with Crippen LogP contribution in [0.15, 0.2) is 24.3 Å². The molecule has 0 spiro atoms. The number of carboxylic acids is 1. The topological polar surface area (TPSA) is 155 Å². The number of allylic oxidation sites excluding steroid dienone is 4. The third kappa shape index (κ3) is 42.6. The van der Waals surface area contributed by atoms with Crippen LogP contribution in [0.4, 0.5) is 0 Å². The van der Waals surface area contributed by atoms with Crippen molar-refractivity contribution < 1.29 is 42.7 Å². The number of carboxylic acid groups (broad SMARTS) is 1. The van der Waals surface area contributed by atoms with Gasteiger partial charge in [0.25, 0.3) is 0 Å². The molecule has 0 bridgehead atoms. The Balaban J connectivity index is 4.17. The highest BCUT2D eigenvalue weighted by atomic mass is 31.2. The van der Waals surface area contributed by atoms with Crippen LogP contribution in [0.1, 0.15) is 226 Å². The second-order valence-corrected chi connectivity index (χ2v) is 17.7. The van der Waals surface area contributed by atoms with Crippen molar-refractivity contribution >= 4 is 19.8 Å². The summed E-state index contributed by atoms with van der Waals surface area (Å²) in [6.07, 6.45) is 48.0. The number of unbranched alkanes of at least 4 members (excludes halogenated alkanes) is 28. The third-order valence-corrected chi connectivity index (χ3v) is 11.4. The van der Waals surface area contributed by atoms with Gasteiger partial charge >= 0.3 is 19.8 Å². The van der Waals surface area contributed by atoms with Crippen molar-refractivity contribution in [3.63, 3.8) is 0 Å². The van der Waals surface area contributed by atoms with Gasteiger partial charge in [-0.05, 0) is 44.9 Å². The smallest absolute Gasteiger partial charge is 0.472 e. The molecule has 0 amide bonds. The minimum absolute atomic E-state index is 0.0182. The van der Waals surface area contributed by atoms with E-state index in [0.29, 0.717) is 13.0 Å². The molecule has 11 heteroatoms. The van der Waals surface area contributed by atoms with Gasteiger partial charge in [-0.15, -0.1) is 0 Å². The van der Waals surface area contributed by atoms with E-state index >= 15 is 0 Å². The van der Waals surface area contributed by atoms with Crippen molar-refractivity contribution in [3.8, 4) is 0 Å². The fourth-order valence-electron chi connectivity index (χ4n) is 6.75. The number of aliphatic carboxylic acids is 1. The standard InChI is InChI=1S/C47H90NO9P/c1-3-5-7-9-11-13-15-17-19-21-23-25-27-29-31-33-35-37-39-46(49)57-44(42-55-58(52,53)56-43-45(48)47(50)51)41-54-40-38-36-34-32-30-28-26-24-22-20-18-16-14-12-10-8-6-4-2/h13,15,19,21,44-45H,3-12,14,16-18,20,22-43,48H2,1-2H3,(H,50,51)(H,52,53)/b15-13-,21-19-. The first-order valence-corrected chi connectivity index (χ1v) is 25.4. The van der Waals surface area contributed by atoms with Crippen LogP contribution >= 0.6 is 7.82 Å². The van der Waals surface area contributed by atoms with E-state index in [1.165, 1.54) is 148 Å². The Kier molecular flexibility index (Phi) is 42.4. The molecule has 0 fully saturated rings. The fourth-order valence-corrected chi connectivity index (χ4v) is 7.53. The third-order valence-electron chi connectivity index (χ3n) is 10.5. The number of phosphoric ester groups is 1. The molecule has 0 aromatic rings. The summed E-state index contributed by atoms with van der Waals surface area (Å²) in [6.45, 7) is 3.90. The van der Waals surface area contributed by atoms with Gasteiger partial charge in [-0.25, -0.2) is 4.57 Å². The van der Waals surface area contributed by atoms with E-state index in [1.807, 2.05) is 0 Å². The lowest BCUT2D eigenvalue weighted by Gasteiger charge is -2.20. The molecule has 4 N–H and O–H groups in total. The highest BCUT2D eigenvalue weighted by Gasteiger charge is 2.27. The molecule has 0 saturated carbocycles. The zero-order chi connectivity index (χ0) is 42.6. The maximum atomic E-state index is 12.7. The zero-order valence-electron chi connectivity index (χ0n) is 37.4. The van der Waals surface area contributed by atoms with Gasteiger partial charge < -0.3 is 25.2 Å². The molecular weight excluding hydrogens is 753 g/mol. The van der Waals surface area contributed by atoms with E-state index in [9.17, 15) is 19.0 Å². The van der Waals surface area contributed by atoms with E-state index in [4.69, 9.17) is 29.4 Å². The summed E-state index contributed by atoms with van der Waals surface area (Å²) in [7, 11) is -4.62. The Hall–Kier alpha value is -1.55. The SMILES string of the molecule is CCCCCC/C=C\C/C=C\CCCCCCCCCC(=O)OC(COCCCCCCCCCCCCCCCCCCCC)COP(=O)(O)OCC(N)C(=O)O. The predicted molar refractivity (Wildman–Crippen MR) is 240 cm³/mol. The number of hydrogen-bond donors (Lipinski definition) is 3. The lowest BCUT2D eigenvalue weighted by molar-refractivity contribution is -0.154. The van der Waals surface area contributed by atoms with Gasteiger partial charge in [0.1, 0.15) is 12.1 Å². The van der Waals surface area contributed by atoms with Crippen LogP contribution < -0.4 is 5.73 Å². The molecule has 0 saturated heterocycles. The number of phosphoric acid groups is 1. The maximum absolute atomic E-state index is 12.7. The number of carbonyl (C=O) groups excluding carboxylic acids is 1. The van der Waals surface area contributed by atoms with Crippen LogP contribution in [0.5, 0.6) is 0 Å². The van der Waals surface area contributed by atoms with Gasteiger partial charge in [-0.3, -0.25) is 18.6 Å². The van der Waals surface area contributed by atoms with Crippen LogP contribution in [0.25, 0.3) is 0 Å². The molecule has 0 heterocycles. The van der Waals surface area contributed by atoms with Crippen molar-refractivity contribution in [1.29, 1.82) is 0 Å². The van der Waals surface area contributed by atoms with Crippen LogP contribution in [-0.4, -0.2) is 60.5 Å². The monoisotopic (exact) mass is 844 g/mol. The molecule has 0 aromatic heterocycles. The average molecular weight is 844 g/mol. The van der Waals surface area contributed by atoms with Crippen molar-refractivity contribution in [2.24, 2.45) is 5.73 Å². The van der Waals surface area contributed by atoms with Gasteiger partial charge in [0.05, 0.1) is 19.8 Å². The maximum Gasteiger partial charge on any atom is 0.472 e. The number of hydrogen-bond acceptors (Lipinski definition) is 8. The van der Waals surface area contributed by atoms with Crippen molar-refractivity contribution in [1.82, 2.24) is 0 Å². The number of esters is 1. The molecule has 0 aliphatic carbocycles. The molecule has 342 valence electrons. The molecule has 0 aromatic carbocycles. The van der Waals surface area contributed by atoms with Gasteiger partial charge in [0.15, 0.2) is 0 Å². The van der Waals surface area contributed by atoms with E-state index in [-0.39, 0.29) is 13.0 Å². The quantitative estimate of drug-likeness (QED) is 0.0233. The first-order valence-electron chi connectivity index (χ1n) is 23.9. The number of ether oxygens (including phenoxy) is 2. The summed E-state index contributed by atoms with van der Waals surface area (Å²) >= 11 is 0. The largest absolute Gasteiger partial charge is 0.480 e. The van der Waals surface area contributed by atoms with Crippen LogP contribution in [-0.2, 0) is 32.7 Å². The first kappa shape index (κ1) is 56.5. The summed E-state index contributed by atoms with van der Waals surface area (Å²) in [5, 5.41) is 8.91. The van der Waals surface area contributed by atoms with Gasteiger partial charge in [0.2, 0.25) is 0 Å². The first-order chi connectivity index (χ1) is 28.2. The van der Waals surface area contributed by atoms with E-state index < -0.39 is 45.1 Å². The number of carbonyl (C=O) groups is 2. The molecule has 3 unspecified atom stereocenters. The molecule has 10 nitrogen and oxygen atoms in total. The Morgan fingerprint density at radius 2 is 0.948 bits per heavy atom. The summed E-state index contributed by atoms with van der Waals surface area (Å²) < 4.78 is 33.4. The minimum atomic E-state index is -4.62. The zero-order valence-corrected chi connectivity index (χ0v) is 38.3. The van der Waals surface area contributed by atoms with Crippen molar-refractivity contribution in [2.75, 3.05) is 26.4 Å². The summed E-state index contributed by atoms with van der Waals surface area (Å²) in [6, 6.07) is -1.47. The normalized spacial score (nSPS) is 14.0. The van der Waals surface area contributed by atoms with E-state index in [1.54, 1.807) is 0 Å². The lowest BCUT2D eigenvalue weighted by atomic mass is 10.0.